The third-order valence-corrected chi connectivity index (χ3v) is 7.86. The van der Waals surface area contributed by atoms with Crippen molar-refractivity contribution in [2.75, 3.05) is 25.6 Å². The van der Waals surface area contributed by atoms with Crippen LogP contribution in [0.2, 0.25) is 0 Å². The molecule has 0 unspecified atom stereocenters. The Bertz CT molecular complexity index is 1740. The van der Waals surface area contributed by atoms with Gasteiger partial charge in [0.25, 0.3) is 0 Å². The fourth-order valence-electron chi connectivity index (χ4n) is 5.87. The number of ether oxygens (including phenoxy) is 4. The predicted molar refractivity (Wildman–Crippen MR) is 166 cm³/mol. The lowest BCUT2D eigenvalue weighted by atomic mass is 9.80. The highest BCUT2D eigenvalue weighted by Gasteiger charge is 2.45. The number of methoxy groups -OCH3 is 1. The Morgan fingerprint density at radius 2 is 1.56 bits per heavy atom. The average Bonchev–Trinajstić information content (AvgIpc) is 3.66. The van der Waals surface area contributed by atoms with E-state index in [9.17, 15) is 9.59 Å². The van der Waals surface area contributed by atoms with Gasteiger partial charge in [-0.25, -0.2) is 15.0 Å². The van der Waals surface area contributed by atoms with Crippen molar-refractivity contribution in [1.29, 1.82) is 0 Å². The van der Waals surface area contributed by atoms with Gasteiger partial charge in [-0.05, 0) is 28.8 Å². The molecule has 0 bridgehead atoms. The molecule has 11 nitrogen and oxygen atoms in total. The van der Waals surface area contributed by atoms with Crippen LogP contribution in [0.1, 0.15) is 36.6 Å². The molecule has 1 N–H and O–H groups in total. The van der Waals surface area contributed by atoms with Gasteiger partial charge >= 0.3 is 5.97 Å². The van der Waals surface area contributed by atoms with E-state index >= 15 is 0 Å². The molecule has 3 aromatic carbocycles. The van der Waals surface area contributed by atoms with Crippen LogP contribution in [-0.2, 0) is 29.4 Å². The topological polar surface area (TPSA) is 127 Å². The number of nitrogens with zero attached hydrogens (tertiary/aromatic N) is 4. The maximum Gasteiger partial charge on any atom is 0.303 e. The largest absolute Gasteiger partial charge is 0.497 e. The van der Waals surface area contributed by atoms with Crippen LogP contribution in [0.25, 0.3) is 11.2 Å². The van der Waals surface area contributed by atoms with Crippen LogP contribution in [0.15, 0.2) is 97.6 Å². The van der Waals surface area contributed by atoms with E-state index in [1.54, 1.807) is 18.0 Å². The Kier molecular flexibility index (Phi) is 8.54. The highest BCUT2D eigenvalue weighted by molar-refractivity contribution is 5.95. The summed E-state index contributed by atoms with van der Waals surface area (Å²) in [5.41, 5.74) is 2.59. The minimum atomic E-state index is -1.03. The third-order valence-electron chi connectivity index (χ3n) is 7.86. The lowest BCUT2D eigenvalue weighted by molar-refractivity contribution is -0.153. The molecule has 1 saturated heterocycles. The van der Waals surface area contributed by atoms with E-state index in [0.29, 0.717) is 17.0 Å². The molecule has 2 aromatic heterocycles. The smallest absolute Gasteiger partial charge is 0.303 e. The van der Waals surface area contributed by atoms with Gasteiger partial charge in [-0.2, -0.15) is 0 Å². The van der Waals surface area contributed by atoms with Gasteiger partial charge in [0.1, 0.15) is 23.8 Å². The van der Waals surface area contributed by atoms with Gasteiger partial charge in [-0.3, -0.25) is 9.59 Å². The highest BCUT2D eigenvalue weighted by atomic mass is 16.6. The van der Waals surface area contributed by atoms with Crippen molar-refractivity contribution in [2.45, 2.75) is 37.7 Å². The molecule has 0 radical (unpaired) electrons. The summed E-state index contributed by atoms with van der Waals surface area (Å²) >= 11 is 0. The summed E-state index contributed by atoms with van der Waals surface area (Å²) in [7, 11) is 1.63. The minimum absolute atomic E-state index is 0.0863. The Morgan fingerprint density at radius 1 is 0.911 bits per heavy atom. The number of imidazole rings is 1. The molecular weight excluding hydrogens is 574 g/mol. The number of rotatable bonds is 10. The van der Waals surface area contributed by atoms with Crippen molar-refractivity contribution in [3.8, 4) is 5.75 Å². The fourth-order valence-corrected chi connectivity index (χ4v) is 5.87. The second kappa shape index (κ2) is 12.8. The molecule has 45 heavy (non-hydrogen) atoms. The molecule has 1 fully saturated rings. The molecule has 1 aliphatic heterocycles. The number of carbonyl (C=O) groups excluding carboxylic acids is 2. The number of hydrogen-bond acceptors (Lipinski definition) is 9. The number of hydrogen-bond donors (Lipinski definition) is 1. The molecule has 0 spiro atoms. The molecule has 3 atom stereocenters. The number of aromatic nitrogens is 4. The van der Waals surface area contributed by atoms with E-state index in [-0.39, 0.29) is 19.1 Å². The standard InChI is InChI=1S/C34H33N5O6/c1-22(40)38-32-30-33(36-20-35-32)39(21-37-30)28-18-43-29(31(28)45-23(2)41)19-44-34(24-10-6-4-7-11-24,25-12-8-5-9-13-25)26-14-16-27(42-3)17-15-26/h4-17,20-21,28-29,31H,18-19H2,1-3H3,(H,35,36,38,40)/t28-,29-,31+/m0/s1. The van der Waals surface area contributed by atoms with E-state index in [1.165, 1.54) is 20.2 Å². The molecule has 0 saturated carbocycles. The summed E-state index contributed by atoms with van der Waals surface area (Å²) in [5.74, 6) is 0.291. The summed E-state index contributed by atoms with van der Waals surface area (Å²) in [5, 5.41) is 2.68. The number of esters is 1. The molecule has 1 amide bonds. The van der Waals surface area contributed by atoms with Crippen LogP contribution in [0, 0.1) is 0 Å². The fraction of sp³-hybridized carbons (Fsp3) is 0.265. The number of amides is 1. The first-order valence-corrected chi connectivity index (χ1v) is 14.5. The van der Waals surface area contributed by atoms with Crippen LogP contribution in [0.5, 0.6) is 5.75 Å². The van der Waals surface area contributed by atoms with Gasteiger partial charge in [0.2, 0.25) is 5.91 Å². The molecule has 1 aliphatic rings. The number of fused-ring (bicyclic) bond motifs is 1. The number of benzene rings is 3. The SMILES string of the molecule is COc1ccc(C(OC[C@@H]2OC[C@H](n3cnc4c(NC(C)=O)ncnc43)[C@H]2OC(C)=O)(c2ccccc2)c2ccccc2)cc1. The van der Waals surface area contributed by atoms with Crippen molar-refractivity contribution >= 4 is 28.9 Å². The lowest BCUT2D eigenvalue weighted by Crippen LogP contribution is -2.40. The van der Waals surface area contributed by atoms with E-state index in [4.69, 9.17) is 18.9 Å². The summed E-state index contributed by atoms with van der Waals surface area (Å²) < 4.78 is 26.5. The van der Waals surface area contributed by atoms with E-state index in [0.717, 1.165) is 22.4 Å². The van der Waals surface area contributed by atoms with Crippen molar-refractivity contribution in [3.05, 3.63) is 114 Å². The van der Waals surface area contributed by atoms with Crippen molar-refractivity contribution in [3.63, 3.8) is 0 Å². The maximum absolute atomic E-state index is 12.4. The van der Waals surface area contributed by atoms with Gasteiger partial charge in [-0.15, -0.1) is 0 Å². The normalized spacial score (nSPS) is 18.1. The van der Waals surface area contributed by atoms with E-state index in [1.807, 2.05) is 84.9 Å². The van der Waals surface area contributed by atoms with Crippen LogP contribution < -0.4 is 10.1 Å². The second-order valence-corrected chi connectivity index (χ2v) is 10.7. The van der Waals surface area contributed by atoms with Crippen molar-refractivity contribution in [2.24, 2.45) is 0 Å². The molecule has 11 heteroatoms. The molecule has 5 aromatic rings. The van der Waals surface area contributed by atoms with Gasteiger partial charge in [-0.1, -0.05) is 72.8 Å². The van der Waals surface area contributed by atoms with Crippen LogP contribution in [-0.4, -0.2) is 63.9 Å². The van der Waals surface area contributed by atoms with Crippen LogP contribution >= 0.6 is 0 Å². The highest BCUT2D eigenvalue weighted by Crippen LogP contribution is 2.42. The van der Waals surface area contributed by atoms with Crippen LogP contribution in [0.3, 0.4) is 0 Å². The summed E-state index contributed by atoms with van der Waals surface area (Å²) in [4.78, 5) is 37.2. The second-order valence-electron chi connectivity index (χ2n) is 10.7. The Labute approximate surface area is 260 Å². The zero-order valence-corrected chi connectivity index (χ0v) is 25.1. The Balaban J connectivity index is 1.38. The minimum Gasteiger partial charge on any atom is -0.497 e. The lowest BCUT2D eigenvalue weighted by Gasteiger charge is -2.37. The number of anilines is 1. The van der Waals surface area contributed by atoms with Gasteiger partial charge in [0.15, 0.2) is 23.1 Å². The van der Waals surface area contributed by atoms with Gasteiger partial charge in [0, 0.05) is 13.8 Å². The monoisotopic (exact) mass is 607 g/mol. The molecular formula is C34H33N5O6. The number of nitrogens with one attached hydrogen (secondary N) is 1. The predicted octanol–water partition coefficient (Wildman–Crippen LogP) is 4.67. The quantitative estimate of drug-likeness (QED) is 0.178. The maximum atomic E-state index is 12.4. The zero-order valence-electron chi connectivity index (χ0n) is 25.1. The third kappa shape index (κ3) is 5.87. The first-order chi connectivity index (χ1) is 21.9. The molecule has 0 aliphatic carbocycles. The average molecular weight is 608 g/mol. The first kappa shape index (κ1) is 29.9. The zero-order chi connectivity index (χ0) is 31.4. The molecule has 6 rings (SSSR count). The van der Waals surface area contributed by atoms with Gasteiger partial charge in [0.05, 0.1) is 32.7 Å². The number of carbonyl (C=O) groups is 2. The van der Waals surface area contributed by atoms with Gasteiger partial charge < -0.3 is 28.8 Å². The summed E-state index contributed by atoms with van der Waals surface area (Å²) in [6.07, 6.45) is 1.59. The van der Waals surface area contributed by atoms with E-state index < -0.39 is 29.8 Å². The molecule has 230 valence electrons. The Hall–Kier alpha value is -5.13. The van der Waals surface area contributed by atoms with Crippen molar-refractivity contribution in [1.82, 2.24) is 19.5 Å². The first-order valence-electron chi connectivity index (χ1n) is 14.5. The van der Waals surface area contributed by atoms with Crippen molar-refractivity contribution < 1.29 is 28.5 Å². The van der Waals surface area contributed by atoms with E-state index in [2.05, 4.69) is 20.3 Å². The summed E-state index contributed by atoms with van der Waals surface area (Å²) in [6.45, 7) is 3.06. The molecule has 3 heterocycles. The Morgan fingerprint density at radius 3 is 2.16 bits per heavy atom. The van der Waals surface area contributed by atoms with Crippen LogP contribution in [0.4, 0.5) is 5.82 Å². The summed E-state index contributed by atoms with van der Waals surface area (Å²) in [6, 6.07) is 27.3.